The van der Waals surface area contributed by atoms with Crippen LogP contribution < -0.4 is 10.1 Å². The molecular formula is C15H18N2O. The lowest BCUT2D eigenvalue weighted by Gasteiger charge is -2.09. The number of pyridine rings is 1. The summed E-state index contributed by atoms with van der Waals surface area (Å²) < 4.78 is 5.67. The number of nitrogens with one attached hydrogen (secondary N) is 1. The number of rotatable bonds is 5. The Labute approximate surface area is 108 Å². The van der Waals surface area contributed by atoms with Crippen LogP contribution in [0.25, 0.3) is 0 Å². The summed E-state index contributed by atoms with van der Waals surface area (Å²) in [6.07, 6.45) is 0. The van der Waals surface area contributed by atoms with E-state index in [0.717, 1.165) is 17.8 Å². The van der Waals surface area contributed by atoms with Crippen molar-refractivity contribution in [3.05, 3.63) is 59.3 Å². The topological polar surface area (TPSA) is 34.1 Å². The Morgan fingerprint density at radius 3 is 2.56 bits per heavy atom. The van der Waals surface area contributed by atoms with Gasteiger partial charge in [0.2, 0.25) is 5.88 Å². The first-order chi connectivity index (χ1) is 8.79. The zero-order valence-electron chi connectivity index (χ0n) is 10.8. The predicted molar refractivity (Wildman–Crippen MR) is 72.5 cm³/mol. The van der Waals surface area contributed by atoms with Crippen LogP contribution >= 0.6 is 0 Å². The Morgan fingerprint density at radius 2 is 1.89 bits per heavy atom. The standard InChI is InChI=1S/C15H18N2O/c1-12-14(10-16-2)8-9-15(17-12)18-11-13-6-4-3-5-7-13/h3-9,16H,10-11H2,1-2H3. The smallest absolute Gasteiger partial charge is 0.213 e. The van der Waals surface area contributed by atoms with Gasteiger partial charge in [-0.2, -0.15) is 0 Å². The first-order valence-corrected chi connectivity index (χ1v) is 6.07. The van der Waals surface area contributed by atoms with E-state index in [-0.39, 0.29) is 0 Å². The van der Waals surface area contributed by atoms with Crippen molar-refractivity contribution < 1.29 is 4.74 Å². The minimum absolute atomic E-state index is 0.554. The molecule has 0 amide bonds. The second kappa shape index (κ2) is 6.17. The zero-order chi connectivity index (χ0) is 12.8. The van der Waals surface area contributed by atoms with E-state index >= 15 is 0 Å². The summed E-state index contributed by atoms with van der Waals surface area (Å²) in [5.74, 6) is 0.677. The molecular weight excluding hydrogens is 224 g/mol. The molecule has 0 saturated heterocycles. The number of hydrogen-bond acceptors (Lipinski definition) is 3. The third-order valence-electron chi connectivity index (χ3n) is 2.77. The highest BCUT2D eigenvalue weighted by atomic mass is 16.5. The Bertz CT molecular complexity index is 497. The Hall–Kier alpha value is -1.87. The van der Waals surface area contributed by atoms with E-state index in [1.807, 2.05) is 50.4 Å². The van der Waals surface area contributed by atoms with E-state index in [1.54, 1.807) is 0 Å². The number of benzene rings is 1. The lowest BCUT2D eigenvalue weighted by molar-refractivity contribution is 0.293. The zero-order valence-corrected chi connectivity index (χ0v) is 10.8. The molecule has 0 saturated carbocycles. The van der Waals surface area contributed by atoms with Gasteiger partial charge >= 0.3 is 0 Å². The van der Waals surface area contributed by atoms with Crippen LogP contribution in [0.1, 0.15) is 16.8 Å². The monoisotopic (exact) mass is 242 g/mol. The molecule has 2 aromatic rings. The molecule has 1 heterocycles. The van der Waals surface area contributed by atoms with E-state index in [1.165, 1.54) is 5.56 Å². The molecule has 2 rings (SSSR count). The second-order valence-electron chi connectivity index (χ2n) is 4.20. The second-order valence-corrected chi connectivity index (χ2v) is 4.20. The maximum absolute atomic E-state index is 5.67. The van der Waals surface area contributed by atoms with E-state index in [2.05, 4.69) is 16.4 Å². The molecule has 0 unspecified atom stereocenters. The van der Waals surface area contributed by atoms with E-state index in [4.69, 9.17) is 4.74 Å². The van der Waals surface area contributed by atoms with Gasteiger partial charge in [0.15, 0.2) is 0 Å². The largest absolute Gasteiger partial charge is 0.473 e. The van der Waals surface area contributed by atoms with Gasteiger partial charge in [-0.05, 0) is 25.1 Å². The van der Waals surface area contributed by atoms with Gasteiger partial charge in [-0.3, -0.25) is 0 Å². The first kappa shape index (κ1) is 12.6. The Morgan fingerprint density at radius 1 is 1.11 bits per heavy atom. The van der Waals surface area contributed by atoms with Crippen LogP contribution in [0.3, 0.4) is 0 Å². The van der Waals surface area contributed by atoms with Crippen molar-refractivity contribution in [1.29, 1.82) is 0 Å². The van der Waals surface area contributed by atoms with Crippen molar-refractivity contribution in [2.75, 3.05) is 7.05 Å². The third kappa shape index (κ3) is 3.31. The molecule has 1 aromatic carbocycles. The summed E-state index contributed by atoms with van der Waals surface area (Å²) in [6.45, 7) is 3.39. The van der Waals surface area contributed by atoms with Crippen LogP contribution in [-0.4, -0.2) is 12.0 Å². The molecule has 0 aliphatic heterocycles. The summed E-state index contributed by atoms with van der Waals surface area (Å²) >= 11 is 0. The number of ether oxygens (including phenoxy) is 1. The molecule has 94 valence electrons. The number of nitrogens with zero attached hydrogens (tertiary/aromatic N) is 1. The van der Waals surface area contributed by atoms with Crippen molar-refractivity contribution in [1.82, 2.24) is 10.3 Å². The van der Waals surface area contributed by atoms with Gasteiger partial charge < -0.3 is 10.1 Å². The minimum Gasteiger partial charge on any atom is -0.473 e. The van der Waals surface area contributed by atoms with Gasteiger partial charge in [-0.1, -0.05) is 36.4 Å². The SMILES string of the molecule is CNCc1ccc(OCc2ccccc2)nc1C. The van der Waals surface area contributed by atoms with Crippen LogP contribution in [0.2, 0.25) is 0 Å². The van der Waals surface area contributed by atoms with Crippen molar-refractivity contribution >= 4 is 0 Å². The summed E-state index contributed by atoms with van der Waals surface area (Å²) in [7, 11) is 1.93. The molecule has 18 heavy (non-hydrogen) atoms. The average Bonchev–Trinajstić information content (AvgIpc) is 2.41. The Kier molecular flexibility index (Phi) is 4.31. The molecule has 0 fully saturated rings. The summed E-state index contributed by atoms with van der Waals surface area (Å²) in [6, 6.07) is 14.1. The minimum atomic E-state index is 0.554. The van der Waals surface area contributed by atoms with Crippen LogP contribution in [0.4, 0.5) is 0 Å². The van der Waals surface area contributed by atoms with E-state index in [9.17, 15) is 0 Å². The van der Waals surface area contributed by atoms with Crippen LogP contribution in [0.15, 0.2) is 42.5 Å². The first-order valence-electron chi connectivity index (χ1n) is 6.07. The quantitative estimate of drug-likeness (QED) is 0.875. The summed E-state index contributed by atoms with van der Waals surface area (Å²) in [5.41, 5.74) is 3.36. The molecule has 1 aromatic heterocycles. The number of aromatic nitrogens is 1. The summed E-state index contributed by atoms with van der Waals surface area (Å²) in [5, 5.41) is 3.12. The normalized spacial score (nSPS) is 10.3. The van der Waals surface area contributed by atoms with Crippen molar-refractivity contribution in [3.8, 4) is 5.88 Å². The van der Waals surface area contributed by atoms with Crippen molar-refractivity contribution in [3.63, 3.8) is 0 Å². The van der Waals surface area contributed by atoms with Crippen LogP contribution in [-0.2, 0) is 13.2 Å². The summed E-state index contributed by atoms with van der Waals surface area (Å²) in [4.78, 5) is 4.44. The van der Waals surface area contributed by atoms with Gasteiger partial charge in [0.25, 0.3) is 0 Å². The lowest BCUT2D eigenvalue weighted by atomic mass is 10.2. The fraction of sp³-hybridized carbons (Fsp3) is 0.267. The van der Waals surface area contributed by atoms with E-state index < -0.39 is 0 Å². The highest BCUT2D eigenvalue weighted by molar-refractivity contribution is 5.25. The Balaban J connectivity index is 2.00. The van der Waals surface area contributed by atoms with Gasteiger partial charge in [0.1, 0.15) is 6.61 Å². The fourth-order valence-corrected chi connectivity index (χ4v) is 1.76. The molecule has 0 radical (unpaired) electrons. The van der Waals surface area contributed by atoms with Crippen LogP contribution in [0.5, 0.6) is 5.88 Å². The highest BCUT2D eigenvalue weighted by Gasteiger charge is 2.02. The lowest BCUT2D eigenvalue weighted by Crippen LogP contribution is -2.08. The van der Waals surface area contributed by atoms with E-state index in [0.29, 0.717) is 12.5 Å². The molecule has 0 spiro atoms. The maximum atomic E-state index is 5.67. The third-order valence-corrected chi connectivity index (χ3v) is 2.77. The predicted octanol–water partition coefficient (Wildman–Crippen LogP) is 2.69. The highest BCUT2D eigenvalue weighted by Crippen LogP contribution is 2.14. The van der Waals surface area contributed by atoms with Gasteiger partial charge in [0.05, 0.1) is 0 Å². The van der Waals surface area contributed by atoms with Gasteiger partial charge in [-0.15, -0.1) is 0 Å². The van der Waals surface area contributed by atoms with Crippen molar-refractivity contribution in [2.45, 2.75) is 20.1 Å². The molecule has 0 bridgehead atoms. The molecule has 3 nitrogen and oxygen atoms in total. The molecule has 0 aliphatic carbocycles. The molecule has 1 N–H and O–H groups in total. The molecule has 0 aliphatic rings. The average molecular weight is 242 g/mol. The van der Waals surface area contributed by atoms with Crippen molar-refractivity contribution in [2.24, 2.45) is 0 Å². The fourth-order valence-electron chi connectivity index (χ4n) is 1.76. The number of hydrogen-bond donors (Lipinski definition) is 1. The molecule has 0 atom stereocenters. The van der Waals surface area contributed by atoms with Gasteiger partial charge in [-0.25, -0.2) is 4.98 Å². The van der Waals surface area contributed by atoms with Crippen LogP contribution in [0, 0.1) is 6.92 Å². The van der Waals surface area contributed by atoms with Gasteiger partial charge in [0, 0.05) is 18.3 Å². The maximum Gasteiger partial charge on any atom is 0.213 e. The number of aryl methyl sites for hydroxylation is 1. The molecule has 3 heteroatoms.